The Bertz CT molecular complexity index is 1250. The Kier molecular flexibility index (Phi) is 35.6. The number of ether oxygens (including phenoxy) is 4. The summed E-state index contributed by atoms with van der Waals surface area (Å²) in [5, 5.41) is 86.8. The van der Waals surface area contributed by atoms with E-state index in [0.717, 1.165) is 64.2 Å². The Morgan fingerprint density at radius 3 is 1.55 bits per heavy atom. The molecule has 2 aliphatic rings. The third kappa shape index (κ3) is 25.7. The quantitative estimate of drug-likeness (QED) is 0.0221. The number of hydrogen-bond donors (Lipinski definition) is 9. The van der Waals surface area contributed by atoms with Gasteiger partial charge in [0.2, 0.25) is 5.91 Å². The van der Waals surface area contributed by atoms with E-state index < -0.39 is 86.8 Å². The molecule has 0 aromatic carbocycles. The van der Waals surface area contributed by atoms with Gasteiger partial charge in [0.25, 0.3) is 0 Å². The molecule has 2 heterocycles. The van der Waals surface area contributed by atoms with Gasteiger partial charge in [-0.1, -0.05) is 172 Å². The molecule has 0 aliphatic carbocycles. The zero-order valence-electron chi connectivity index (χ0n) is 40.9. The van der Waals surface area contributed by atoms with Crippen LogP contribution in [-0.2, 0) is 23.7 Å². The van der Waals surface area contributed by atoms with E-state index in [4.69, 9.17) is 18.9 Å². The van der Waals surface area contributed by atoms with Crippen molar-refractivity contribution in [2.45, 2.75) is 267 Å². The molecule has 2 fully saturated rings. The van der Waals surface area contributed by atoms with Crippen LogP contribution in [-0.4, -0.2) is 140 Å². The van der Waals surface area contributed by atoms with Crippen molar-refractivity contribution in [1.82, 2.24) is 5.32 Å². The minimum Gasteiger partial charge on any atom is -0.394 e. The van der Waals surface area contributed by atoms with Crippen LogP contribution < -0.4 is 5.32 Å². The van der Waals surface area contributed by atoms with Crippen molar-refractivity contribution in [3.63, 3.8) is 0 Å². The number of aliphatic hydroxyl groups is 8. The van der Waals surface area contributed by atoms with Crippen molar-refractivity contribution >= 4 is 5.91 Å². The molecule has 1 amide bonds. The summed E-state index contributed by atoms with van der Waals surface area (Å²) in [6, 6.07) is -0.920. The lowest BCUT2D eigenvalue weighted by Crippen LogP contribution is -2.65. The van der Waals surface area contributed by atoms with Crippen LogP contribution in [0.3, 0.4) is 0 Å². The summed E-state index contributed by atoms with van der Waals surface area (Å²) in [5.74, 6) is -0.254. The van der Waals surface area contributed by atoms with Crippen molar-refractivity contribution in [1.29, 1.82) is 0 Å². The number of allylic oxidation sites excluding steroid dienone is 5. The number of amides is 1. The highest BCUT2D eigenvalue weighted by Crippen LogP contribution is 2.30. The highest BCUT2D eigenvalue weighted by atomic mass is 16.7. The molecule has 2 rings (SSSR count). The van der Waals surface area contributed by atoms with Gasteiger partial charge in [0.1, 0.15) is 48.8 Å². The van der Waals surface area contributed by atoms with E-state index in [1.165, 1.54) is 103 Å². The molecule has 0 bridgehead atoms. The van der Waals surface area contributed by atoms with Crippen molar-refractivity contribution in [3.05, 3.63) is 36.5 Å². The number of rotatable bonds is 40. The van der Waals surface area contributed by atoms with Gasteiger partial charge in [0, 0.05) is 6.42 Å². The molecule has 0 aromatic heterocycles. The van der Waals surface area contributed by atoms with Crippen molar-refractivity contribution in [3.8, 4) is 0 Å². The maximum absolute atomic E-state index is 13.2. The molecule has 386 valence electrons. The van der Waals surface area contributed by atoms with E-state index in [2.05, 4.69) is 43.5 Å². The molecule has 9 N–H and O–H groups in total. The number of nitrogens with one attached hydrogen (secondary N) is 1. The van der Waals surface area contributed by atoms with Gasteiger partial charge >= 0.3 is 0 Å². The number of hydrogen-bond acceptors (Lipinski definition) is 13. The first-order valence-electron chi connectivity index (χ1n) is 26.2. The Morgan fingerprint density at radius 2 is 1.00 bits per heavy atom. The maximum atomic E-state index is 13.2. The van der Waals surface area contributed by atoms with Gasteiger partial charge in [-0.2, -0.15) is 0 Å². The van der Waals surface area contributed by atoms with Crippen LogP contribution in [0.15, 0.2) is 36.5 Å². The molecule has 0 spiro atoms. The normalized spacial score (nSPS) is 27.1. The first-order chi connectivity index (χ1) is 32.1. The van der Waals surface area contributed by atoms with Crippen molar-refractivity contribution in [2.24, 2.45) is 0 Å². The third-order valence-corrected chi connectivity index (χ3v) is 12.8. The van der Waals surface area contributed by atoms with Crippen LogP contribution in [0.1, 0.15) is 194 Å². The smallest absolute Gasteiger partial charge is 0.220 e. The highest BCUT2D eigenvalue weighted by Gasteiger charge is 2.51. The van der Waals surface area contributed by atoms with E-state index in [1.807, 2.05) is 6.08 Å². The zero-order valence-corrected chi connectivity index (χ0v) is 40.9. The standard InChI is InChI=1S/C52H95NO13/c1-3-5-7-9-11-13-15-17-19-20-22-23-25-27-29-31-33-35-41(56)40(53-44(57)36-34-32-30-28-26-24-21-18-16-14-12-10-8-6-4-2)39-63-51-49(62)47(60)50(43(38-55)65-51)66-52-48(61)46(59)45(58)42(37-54)64-52/h12,14,18,21,33,35,40-43,45-52,54-56,58-62H,3-11,13,15-17,19-20,22-32,34,36-39H2,1-2H3,(H,53,57)/b14-12-,21-18-,35-33+. The summed E-state index contributed by atoms with van der Waals surface area (Å²) in [6.45, 7) is 2.75. The van der Waals surface area contributed by atoms with E-state index in [1.54, 1.807) is 6.08 Å². The first kappa shape index (κ1) is 60.3. The average Bonchev–Trinajstić information content (AvgIpc) is 3.31. The van der Waals surface area contributed by atoms with Crippen LogP contribution in [0.25, 0.3) is 0 Å². The van der Waals surface area contributed by atoms with Crippen LogP contribution in [0.2, 0.25) is 0 Å². The summed E-state index contributed by atoms with van der Waals surface area (Å²) in [6.07, 6.45) is 27.5. The summed E-state index contributed by atoms with van der Waals surface area (Å²) >= 11 is 0. The first-order valence-corrected chi connectivity index (χ1v) is 26.2. The minimum atomic E-state index is -1.79. The Labute approximate surface area is 398 Å². The van der Waals surface area contributed by atoms with Crippen LogP contribution >= 0.6 is 0 Å². The topological polar surface area (TPSA) is 228 Å². The summed E-state index contributed by atoms with van der Waals surface area (Å²) in [5.41, 5.74) is 0. The van der Waals surface area contributed by atoms with Crippen molar-refractivity contribution < 1.29 is 64.6 Å². The van der Waals surface area contributed by atoms with E-state index in [-0.39, 0.29) is 18.9 Å². The Hall–Kier alpha value is -1.79. The van der Waals surface area contributed by atoms with Gasteiger partial charge in [-0.3, -0.25) is 4.79 Å². The largest absolute Gasteiger partial charge is 0.394 e. The van der Waals surface area contributed by atoms with Gasteiger partial charge < -0.3 is 65.1 Å². The van der Waals surface area contributed by atoms with Crippen LogP contribution in [0.5, 0.6) is 0 Å². The van der Waals surface area contributed by atoms with Crippen LogP contribution in [0.4, 0.5) is 0 Å². The summed E-state index contributed by atoms with van der Waals surface area (Å²) in [7, 11) is 0. The Morgan fingerprint density at radius 1 is 0.545 bits per heavy atom. The molecule has 2 saturated heterocycles. The summed E-state index contributed by atoms with van der Waals surface area (Å²) in [4.78, 5) is 13.2. The van der Waals surface area contributed by atoms with Gasteiger partial charge in [0.15, 0.2) is 12.6 Å². The van der Waals surface area contributed by atoms with E-state index in [0.29, 0.717) is 6.42 Å². The third-order valence-electron chi connectivity index (χ3n) is 12.8. The molecule has 0 saturated carbocycles. The lowest BCUT2D eigenvalue weighted by molar-refractivity contribution is -0.359. The fraction of sp³-hybridized carbons (Fsp3) is 0.865. The van der Waals surface area contributed by atoms with Gasteiger partial charge in [0.05, 0.1) is 32.0 Å². The van der Waals surface area contributed by atoms with Gasteiger partial charge in [-0.25, -0.2) is 0 Å². The lowest BCUT2D eigenvalue weighted by atomic mass is 9.97. The molecule has 0 radical (unpaired) electrons. The Balaban J connectivity index is 1.85. The van der Waals surface area contributed by atoms with Crippen molar-refractivity contribution in [2.75, 3.05) is 19.8 Å². The average molecular weight is 942 g/mol. The molecule has 12 unspecified atom stereocenters. The molecule has 2 aliphatic heterocycles. The molecule has 66 heavy (non-hydrogen) atoms. The van der Waals surface area contributed by atoms with Gasteiger partial charge in [-0.15, -0.1) is 0 Å². The molecular formula is C52H95NO13. The van der Waals surface area contributed by atoms with E-state index >= 15 is 0 Å². The predicted molar refractivity (Wildman–Crippen MR) is 258 cm³/mol. The summed E-state index contributed by atoms with van der Waals surface area (Å²) < 4.78 is 22.7. The second-order valence-electron chi connectivity index (χ2n) is 18.6. The lowest BCUT2D eigenvalue weighted by Gasteiger charge is -2.46. The molecular weight excluding hydrogens is 847 g/mol. The fourth-order valence-corrected chi connectivity index (χ4v) is 8.50. The van der Waals surface area contributed by atoms with Crippen LogP contribution in [0, 0.1) is 0 Å². The fourth-order valence-electron chi connectivity index (χ4n) is 8.50. The predicted octanol–water partition coefficient (Wildman–Crippen LogP) is 7.10. The number of unbranched alkanes of at least 4 members (excludes halogenated alkanes) is 23. The second-order valence-corrected chi connectivity index (χ2v) is 18.6. The molecule has 0 aromatic rings. The zero-order chi connectivity index (χ0) is 48.2. The monoisotopic (exact) mass is 942 g/mol. The number of carbonyl (C=O) groups excluding carboxylic acids is 1. The molecule has 14 heteroatoms. The second kappa shape index (κ2) is 39.0. The molecule has 12 atom stereocenters. The van der Waals surface area contributed by atoms with E-state index in [9.17, 15) is 45.6 Å². The number of aliphatic hydroxyl groups excluding tert-OH is 8. The minimum absolute atomic E-state index is 0.254. The SMILES string of the molecule is CCCCC/C=C\C/C=C\CCCCCCCC(=O)NC(COC1OC(CO)C(OC2OC(CO)C(O)C(O)C2O)C(O)C1O)C(O)/C=C/CCCCCCCCCCCCCCCCC. The maximum Gasteiger partial charge on any atom is 0.220 e. The highest BCUT2D eigenvalue weighted by molar-refractivity contribution is 5.76. The van der Waals surface area contributed by atoms with Gasteiger partial charge in [-0.05, 0) is 51.4 Å². The number of carbonyl (C=O) groups is 1. The molecule has 14 nitrogen and oxygen atoms in total.